The highest BCUT2D eigenvalue weighted by molar-refractivity contribution is 7.89. The molecule has 1 atom stereocenters. The fourth-order valence-electron chi connectivity index (χ4n) is 3.43. The van der Waals surface area contributed by atoms with Crippen LogP contribution >= 0.6 is 0 Å². The number of halogens is 1. The van der Waals surface area contributed by atoms with Gasteiger partial charge < -0.3 is 4.74 Å². The molecule has 2 aromatic rings. The van der Waals surface area contributed by atoms with E-state index in [1.807, 2.05) is 18.2 Å². The van der Waals surface area contributed by atoms with Crippen LogP contribution in [-0.4, -0.2) is 46.1 Å². The highest BCUT2D eigenvalue weighted by Crippen LogP contribution is 2.22. The average molecular weight is 407 g/mol. The van der Waals surface area contributed by atoms with Crippen LogP contribution in [0.5, 0.6) is 0 Å². The SMILES string of the molecule is Cc1cc(F)ccc1S(=O)(=O)NCCCCN1CCOC(c2ccccc2)C1. The third-order valence-corrected chi connectivity index (χ3v) is 6.56. The Morgan fingerprint density at radius 3 is 2.71 bits per heavy atom. The Labute approximate surface area is 166 Å². The van der Waals surface area contributed by atoms with Crippen molar-refractivity contribution in [3.8, 4) is 0 Å². The minimum atomic E-state index is -3.61. The van der Waals surface area contributed by atoms with Crippen LogP contribution in [0.25, 0.3) is 0 Å². The second kappa shape index (κ2) is 9.60. The highest BCUT2D eigenvalue weighted by Gasteiger charge is 2.21. The molecule has 7 heteroatoms. The van der Waals surface area contributed by atoms with Crippen molar-refractivity contribution in [2.24, 2.45) is 0 Å². The van der Waals surface area contributed by atoms with Crippen molar-refractivity contribution < 1.29 is 17.5 Å². The first-order chi connectivity index (χ1) is 13.5. The van der Waals surface area contributed by atoms with Crippen LogP contribution in [0.1, 0.15) is 30.1 Å². The van der Waals surface area contributed by atoms with E-state index in [4.69, 9.17) is 4.74 Å². The number of hydrogen-bond donors (Lipinski definition) is 1. The number of morpholine rings is 1. The lowest BCUT2D eigenvalue weighted by molar-refractivity contribution is -0.0303. The Kier molecular flexibility index (Phi) is 7.18. The van der Waals surface area contributed by atoms with Gasteiger partial charge in [0.2, 0.25) is 10.0 Å². The van der Waals surface area contributed by atoms with E-state index in [9.17, 15) is 12.8 Å². The van der Waals surface area contributed by atoms with Gasteiger partial charge >= 0.3 is 0 Å². The normalized spacial score (nSPS) is 18.3. The van der Waals surface area contributed by atoms with E-state index in [1.165, 1.54) is 23.8 Å². The molecule has 1 saturated heterocycles. The summed E-state index contributed by atoms with van der Waals surface area (Å²) < 4.78 is 46.4. The number of benzene rings is 2. The zero-order valence-corrected chi connectivity index (χ0v) is 16.9. The Balaban J connectivity index is 1.42. The molecule has 3 rings (SSSR count). The molecule has 0 radical (unpaired) electrons. The zero-order valence-electron chi connectivity index (χ0n) is 16.1. The van der Waals surface area contributed by atoms with Gasteiger partial charge in [-0.1, -0.05) is 30.3 Å². The number of nitrogens with zero attached hydrogens (tertiary/aromatic N) is 1. The average Bonchev–Trinajstić information content (AvgIpc) is 2.68. The topological polar surface area (TPSA) is 58.6 Å². The first-order valence-corrected chi connectivity index (χ1v) is 11.1. The van der Waals surface area contributed by atoms with Crippen molar-refractivity contribution in [3.63, 3.8) is 0 Å². The second-order valence-electron chi connectivity index (χ2n) is 7.09. The van der Waals surface area contributed by atoms with Crippen molar-refractivity contribution in [2.45, 2.75) is 30.8 Å². The highest BCUT2D eigenvalue weighted by atomic mass is 32.2. The first-order valence-electron chi connectivity index (χ1n) is 9.60. The molecule has 0 spiro atoms. The summed E-state index contributed by atoms with van der Waals surface area (Å²) in [5.74, 6) is -0.434. The number of sulfonamides is 1. The summed E-state index contributed by atoms with van der Waals surface area (Å²) in [6.45, 7) is 5.32. The Hall–Kier alpha value is -1.80. The van der Waals surface area contributed by atoms with Crippen LogP contribution in [0.4, 0.5) is 4.39 Å². The minimum absolute atomic E-state index is 0.0925. The Bertz CT molecular complexity index is 874. The molecule has 1 aliphatic rings. The fourth-order valence-corrected chi connectivity index (χ4v) is 4.73. The number of ether oxygens (including phenoxy) is 1. The van der Waals surface area contributed by atoms with E-state index < -0.39 is 15.8 Å². The molecule has 152 valence electrons. The van der Waals surface area contributed by atoms with Gasteiger partial charge in [0.15, 0.2) is 0 Å². The summed E-state index contributed by atoms with van der Waals surface area (Å²) in [5, 5.41) is 0. The minimum Gasteiger partial charge on any atom is -0.371 e. The van der Waals surface area contributed by atoms with Crippen LogP contribution < -0.4 is 4.72 Å². The van der Waals surface area contributed by atoms with E-state index >= 15 is 0 Å². The van der Waals surface area contributed by atoms with Gasteiger partial charge in [0.25, 0.3) is 0 Å². The number of unbranched alkanes of at least 4 members (excludes halogenated alkanes) is 1. The lowest BCUT2D eigenvalue weighted by atomic mass is 10.1. The largest absolute Gasteiger partial charge is 0.371 e. The van der Waals surface area contributed by atoms with Crippen LogP contribution in [0.15, 0.2) is 53.4 Å². The third-order valence-electron chi connectivity index (χ3n) is 4.94. The van der Waals surface area contributed by atoms with E-state index in [1.54, 1.807) is 6.92 Å². The molecule has 2 aromatic carbocycles. The fraction of sp³-hybridized carbons (Fsp3) is 0.429. The molecule has 0 amide bonds. The quantitative estimate of drug-likeness (QED) is 0.684. The molecular formula is C21H27FN2O3S. The molecule has 1 unspecified atom stereocenters. The first kappa shape index (κ1) is 20.9. The second-order valence-corrected chi connectivity index (χ2v) is 8.82. The van der Waals surface area contributed by atoms with Crippen molar-refractivity contribution in [3.05, 3.63) is 65.5 Å². The van der Waals surface area contributed by atoms with E-state index in [0.717, 1.165) is 32.5 Å². The van der Waals surface area contributed by atoms with Crippen LogP contribution in [0.3, 0.4) is 0 Å². The summed E-state index contributed by atoms with van der Waals surface area (Å²) in [4.78, 5) is 2.49. The van der Waals surface area contributed by atoms with Crippen molar-refractivity contribution in [1.29, 1.82) is 0 Å². The predicted octanol–water partition coefficient (Wildman–Crippen LogP) is 3.27. The van der Waals surface area contributed by atoms with E-state index in [-0.39, 0.29) is 11.0 Å². The van der Waals surface area contributed by atoms with Crippen molar-refractivity contribution in [2.75, 3.05) is 32.8 Å². The van der Waals surface area contributed by atoms with Gasteiger partial charge in [0.1, 0.15) is 5.82 Å². The predicted molar refractivity (Wildman–Crippen MR) is 107 cm³/mol. The van der Waals surface area contributed by atoms with E-state index in [0.29, 0.717) is 18.7 Å². The molecule has 0 bridgehead atoms. The van der Waals surface area contributed by atoms with Gasteiger partial charge in [0, 0.05) is 19.6 Å². The van der Waals surface area contributed by atoms with E-state index in [2.05, 4.69) is 21.8 Å². The molecule has 28 heavy (non-hydrogen) atoms. The molecule has 1 heterocycles. The maximum absolute atomic E-state index is 13.2. The number of rotatable bonds is 8. The molecule has 1 N–H and O–H groups in total. The zero-order chi connectivity index (χ0) is 20.0. The Morgan fingerprint density at radius 1 is 1.18 bits per heavy atom. The summed E-state index contributed by atoms with van der Waals surface area (Å²) in [6.07, 6.45) is 1.73. The summed E-state index contributed by atoms with van der Waals surface area (Å²) >= 11 is 0. The number of hydrogen-bond acceptors (Lipinski definition) is 4. The number of nitrogens with one attached hydrogen (secondary N) is 1. The van der Waals surface area contributed by atoms with Crippen molar-refractivity contribution in [1.82, 2.24) is 9.62 Å². The molecule has 0 saturated carbocycles. The number of aryl methyl sites for hydroxylation is 1. The Morgan fingerprint density at radius 2 is 1.96 bits per heavy atom. The van der Waals surface area contributed by atoms with Gasteiger partial charge in [0.05, 0.1) is 17.6 Å². The summed E-state index contributed by atoms with van der Waals surface area (Å²) in [5.41, 5.74) is 1.60. The molecule has 1 aliphatic heterocycles. The maximum Gasteiger partial charge on any atom is 0.240 e. The smallest absolute Gasteiger partial charge is 0.240 e. The maximum atomic E-state index is 13.2. The summed E-state index contributed by atoms with van der Waals surface area (Å²) in [7, 11) is -3.61. The van der Waals surface area contributed by atoms with Gasteiger partial charge in [-0.25, -0.2) is 17.5 Å². The monoisotopic (exact) mass is 406 g/mol. The molecule has 0 aromatic heterocycles. The van der Waals surface area contributed by atoms with Crippen molar-refractivity contribution >= 4 is 10.0 Å². The molecular weight excluding hydrogens is 379 g/mol. The van der Waals surface area contributed by atoms with Crippen LogP contribution in [-0.2, 0) is 14.8 Å². The van der Waals surface area contributed by atoms with Gasteiger partial charge in [-0.15, -0.1) is 0 Å². The molecule has 1 fully saturated rings. The van der Waals surface area contributed by atoms with Crippen LogP contribution in [0, 0.1) is 12.7 Å². The van der Waals surface area contributed by atoms with Gasteiger partial charge in [-0.05, 0) is 55.6 Å². The molecule has 0 aliphatic carbocycles. The third kappa shape index (κ3) is 5.61. The van der Waals surface area contributed by atoms with Crippen LogP contribution in [0.2, 0.25) is 0 Å². The lowest BCUT2D eigenvalue weighted by Crippen LogP contribution is -2.39. The molecule has 5 nitrogen and oxygen atoms in total. The standard InChI is InChI=1S/C21H27FN2O3S/c1-17-15-19(22)9-10-21(17)28(25,26)23-11-5-6-12-24-13-14-27-20(16-24)18-7-3-2-4-8-18/h2-4,7-10,15,20,23H,5-6,11-14,16H2,1H3. The summed E-state index contributed by atoms with van der Waals surface area (Å²) in [6, 6.07) is 13.9. The lowest BCUT2D eigenvalue weighted by Gasteiger charge is -2.33. The van der Waals surface area contributed by atoms with Gasteiger partial charge in [-0.2, -0.15) is 0 Å². The van der Waals surface area contributed by atoms with Gasteiger partial charge in [-0.3, -0.25) is 4.90 Å².